The molecule has 2 rings (SSSR count). The summed E-state index contributed by atoms with van der Waals surface area (Å²) < 4.78 is 1.65. The number of aryl methyl sites for hydroxylation is 1. The van der Waals surface area contributed by atoms with Crippen LogP contribution in [0.1, 0.15) is 12.5 Å². The molecule has 0 aromatic carbocycles. The van der Waals surface area contributed by atoms with Crippen molar-refractivity contribution in [1.29, 1.82) is 0 Å². The summed E-state index contributed by atoms with van der Waals surface area (Å²) in [5.74, 6) is 0. The van der Waals surface area contributed by atoms with Gasteiger partial charge in [-0.2, -0.15) is 0 Å². The predicted molar refractivity (Wildman–Crippen MR) is 69.1 cm³/mol. The zero-order chi connectivity index (χ0) is 12.3. The fourth-order valence-electron chi connectivity index (χ4n) is 2.28. The molecule has 17 heavy (non-hydrogen) atoms. The maximum absolute atomic E-state index is 11.9. The Balaban J connectivity index is 1.98. The van der Waals surface area contributed by atoms with Crippen LogP contribution in [0.4, 0.5) is 0 Å². The Morgan fingerprint density at radius 3 is 2.47 bits per heavy atom. The van der Waals surface area contributed by atoms with E-state index < -0.39 is 0 Å². The molecule has 4 nitrogen and oxygen atoms in total. The van der Waals surface area contributed by atoms with Crippen LogP contribution in [0, 0.1) is 0 Å². The Morgan fingerprint density at radius 1 is 1.18 bits per heavy atom. The van der Waals surface area contributed by atoms with Crippen molar-refractivity contribution in [2.24, 2.45) is 7.05 Å². The molecule has 4 heteroatoms. The largest absolute Gasteiger partial charge is 0.318 e. The maximum atomic E-state index is 11.9. The molecule has 0 amide bonds. The highest BCUT2D eigenvalue weighted by Crippen LogP contribution is 2.05. The first-order valence-electron chi connectivity index (χ1n) is 6.30. The van der Waals surface area contributed by atoms with Crippen molar-refractivity contribution >= 4 is 0 Å². The molecule has 0 N–H and O–H groups in total. The minimum Gasteiger partial charge on any atom is -0.318 e. The van der Waals surface area contributed by atoms with Gasteiger partial charge < -0.3 is 9.47 Å². The van der Waals surface area contributed by atoms with Crippen molar-refractivity contribution in [1.82, 2.24) is 14.4 Å². The van der Waals surface area contributed by atoms with E-state index in [9.17, 15) is 4.79 Å². The fraction of sp³-hybridized carbons (Fsp3) is 0.615. The summed E-state index contributed by atoms with van der Waals surface area (Å²) in [7, 11) is 1.81. The van der Waals surface area contributed by atoms with E-state index in [1.807, 2.05) is 12.1 Å². The number of hydrogen-bond donors (Lipinski definition) is 0. The van der Waals surface area contributed by atoms with Gasteiger partial charge in [-0.25, -0.2) is 0 Å². The van der Waals surface area contributed by atoms with Gasteiger partial charge in [0.15, 0.2) is 0 Å². The van der Waals surface area contributed by atoms with Crippen molar-refractivity contribution < 1.29 is 0 Å². The summed E-state index contributed by atoms with van der Waals surface area (Å²) in [5.41, 5.74) is 1.03. The van der Waals surface area contributed by atoms with Gasteiger partial charge in [0.25, 0.3) is 5.56 Å². The summed E-state index contributed by atoms with van der Waals surface area (Å²) in [6, 6.07) is 3.88. The Labute approximate surface area is 102 Å². The highest BCUT2D eigenvalue weighted by Gasteiger charge is 2.16. The van der Waals surface area contributed by atoms with Crippen LogP contribution < -0.4 is 5.56 Å². The Kier molecular flexibility index (Phi) is 3.97. The van der Waals surface area contributed by atoms with Gasteiger partial charge in [0.05, 0.1) is 0 Å². The molecule has 1 saturated heterocycles. The van der Waals surface area contributed by atoms with Gasteiger partial charge >= 0.3 is 0 Å². The molecule has 1 aromatic rings. The van der Waals surface area contributed by atoms with Crippen LogP contribution in [0.3, 0.4) is 0 Å². The maximum Gasteiger partial charge on any atom is 0.254 e. The summed E-state index contributed by atoms with van der Waals surface area (Å²) in [5, 5.41) is 0. The fourth-order valence-corrected chi connectivity index (χ4v) is 2.28. The first kappa shape index (κ1) is 12.3. The molecule has 0 spiro atoms. The van der Waals surface area contributed by atoms with Crippen molar-refractivity contribution in [2.45, 2.75) is 13.5 Å². The standard InChI is InChI=1S/C13H21N3O/c1-3-15-7-9-16(10-8-15)11-12-5-4-6-14(2)13(12)17/h4-6H,3,7-11H2,1-2H3. The molecule has 0 unspecified atom stereocenters. The van der Waals surface area contributed by atoms with Crippen LogP contribution in [-0.2, 0) is 13.6 Å². The van der Waals surface area contributed by atoms with Gasteiger partial charge in [0.2, 0.25) is 0 Å². The van der Waals surface area contributed by atoms with Gasteiger partial charge in [-0.05, 0) is 12.6 Å². The minimum absolute atomic E-state index is 0.130. The van der Waals surface area contributed by atoms with E-state index in [2.05, 4.69) is 16.7 Å². The molecule has 0 saturated carbocycles. The number of likely N-dealkylation sites (N-methyl/N-ethyl adjacent to an activating group) is 1. The van der Waals surface area contributed by atoms with Gasteiger partial charge in [-0.3, -0.25) is 9.69 Å². The first-order valence-corrected chi connectivity index (χ1v) is 6.30. The third kappa shape index (κ3) is 2.96. The first-order chi connectivity index (χ1) is 8.20. The lowest BCUT2D eigenvalue weighted by atomic mass is 10.2. The van der Waals surface area contributed by atoms with E-state index in [0.29, 0.717) is 0 Å². The molecule has 0 atom stereocenters. The normalized spacial score (nSPS) is 18.5. The lowest BCUT2D eigenvalue weighted by Crippen LogP contribution is -2.46. The third-order valence-corrected chi connectivity index (χ3v) is 3.51. The number of rotatable bonds is 3. The zero-order valence-corrected chi connectivity index (χ0v) is 10.7. The topological polar surface area (TPSA) is 28.5 Å². The molecule has 0 radical (unpaired) electrons. The van der Waals surface area contributed by atoms with Crippen LogP contribution in [0.25, 0.3) is 0 Å². The van der Waals surface area contributed by atoms with E-state index in [0.717, 1.165) is 44.8 Å². The number of nitrogens with zero attached hydrogens (tertiary/aromatic N) is 3. The number of pyridine rings is 1. The molecule has 0 bridgehead atoms. The molecule has 0 aliphatic carbocycles. The van der Waals surface area contributed by atoms with Gasteiger partial charge in [0, 0.05) is 51.5 Å². The lowest BCUT2D eigenvalue weighted by molar-refractivity contribution is 0.131. The summed E-state index contributed by atoms with van der Waals surface area (Å²) in [4.78, 5) is 16.7. The molecule has 1 aliphatic heterocycles. The van der Waals surface area contributed by atoms with Crippen molar-refractivity contribution in [2.75, 3.05) is 32.7 Å². The number of aromatic nitrogens is 1. The van der Waals surface area contributed by atoms with Crippen molar-refractivity contribution in [3.8, 4) is 0 Å². The highest BCUT2D eigenvalue weighted by atomic mass is 16.1. The van der Waals surface area contributed by atoms with E-state index in [4.69, 9.17) is 0 Å². The Bertz CT molecular complexity index is 419. The molecule has 1 aromatic heterocycles. The van der Waals surface area contributed by atoms with E-state index in [-0.39, 0.29) is 5.56 Å². The van der Waals surface area contributed by atoms with Crippen LogP contribution in [0.5, 0.6) is 0 Å². The molecular weight excluding hydrogens is 214 g/mol. The van der Waals surface area contributed by atoms with Crippen LogP contribution in [0.2, 0.25) is 0 Å². The minimum atomic E-state index is 0.130. The third-order valence-electron chi connectivity index (χ3n) is 3.51. The second-order valence-corrected chi connectivity index (χ2v) is 4.66. The second kappa shape index (κ2) is 5.47. The van der Waals surface area contributed by atoms with Crippen molar-refractivity contribution in [3.05, 3.63) is 34.2 Å². The van der Waals surface area contributed by atoms with Gasteiger partial charge in [0.1, 0.15) is 0 Å². The zero-order valence-electron chi connectivity index (χ0n) is 10.7. The van der Waals surface area contributed by atoms with Gasteiger partial charge in [-0.1, -0.05) is 13.0 Å². The molecule has 1 aliphatic rings. The smallest absolute Gasteiger partial charge is 0.254 e. The van der Waals surface area contributed by atoms with Crippen LogP contribution >= 0.6 is 0 Å². The van der Waals surface area contributed by atoms with E-state index >= 15 is 0 Å². The van der Waals surface area contributed by atoms with Crippen molar-refractivity contribution in [3.63, 3.8) is 0 Å². The lowest BCUT2D eigenvalue weighted by Gasteiger charge is -2.33. The second-order valence-electron chi connectivity index (χ2n) is 4.66. The average Bonchev–Trinajstić information content (AvgIpc) is 2.36. The van der Waals surface area contributed by atoms with E-state index in [1.54, 1.807) is 17.8 Å². The van der Waals surface area contributed by atoms with E-state index in [1.165, 1.54) is 0 Å². The molecule has 1 fully saturated rings. The molecule has 2 heterocycles. The average molecular weight is 235 g/mol. The monoisotopic (exact) mass is 235 g/mol. The van der Waals surface area contributed by atoms with Crippen LogP contribution in [0.15, 0.2) is 23.1 Å². The molecular formula is C13H21N3O. The predicted octanol–water partition coefficient (Wildman–Crippen LogP) is 0.523. The Hall–Kier alpha value is -1.13. The highest BCUT2D eigenvalue weighted by molar-refractivity contribution is 5.10. The Morgan fingerprint density at radius 2 is 1.82 bits per heavy atom. The SMILES string of the molecule is CCN1CCN(Cc2cccn(C)c2=O)CC1. The summed E-state index contributed by atoms with van der Waals surface area (Å²) in [6.45, 7) is 8.46. The summed E-state index contributed by atoms with van der Waals surface area (Å²) >= 11 is 0. The van der Waals surface area contributed by atoms with Crippen LogP contribution in [-0.4, -0.2) is 47.1 Å². The quantitative estimate of drug-likeness (QED) is 0.765. The summed E-state index contributed by atoms with van der Waals surface area (Å²) in [6.07, 6.45) is 1.81. The number of hydrogen-bond acceptors (Lipinski definition) is 3. The number of piperazine rings is 1. The van der Waals surface area contributed by atoms with Gasteiger partial charge in [-0.15, -0.1) is 0 Å². The molecule has 94 valence electrons.